The molecular formula is C12H18N2O5S. The Kier molecular flexibility index (Phi) is 4.74. The van der Waals surface area contributed by atoms with E-state index < -0.39 is 18.1 Å². The molecule has 20 heavy (non-hydrogen) atoms. The number of unbranched alkanes of at least 4 members (excludes halogenated alkanes) is 1. The molecule has 8 heteroatoms. The van der Waals surface area contributed by atoms with Gasteiger partial charge in [0.25, 0.3) is 0 Å². The second-order valence-electron chi connectivity index (χ2n) is 4.89. The number of rotatable bonds is 5. The van der Waals surface area contributed by atoms with E-state index in [1.807, 2.05) is 0 Å². The number of hydrogen-bond acceptors (Lipinski definition) is 5. The Labute approximate surface area is 121 Å². The summed E-state index contributed by atoms with van der Waals surface area (Å²) in [6.07, 6.45) is 1.84. The number of urea groups is 1. The fourth-order valence-corrected chi connectivity index (χ4v) is 4.26. The summed E-state index contributed by atoms with van der Waals surface area (Å²) in [5, 5.41) is 11.7. The highest BCUT2D eigenvalue weighted by Crippen LogP contribution is 2.37. The van der Waals surface area contributed by atoms with Gasteiger partial charge in [0, 0.05) is 17.4 Å². The molecular weight excluding hydrogens is 284 g/mol. The zero-order valence-corrected chi connectivity index (χ0v) is 12.0. The van der Waals surface area contributed by atoms with Gasteiger partial charge < -0.3 is 15.2 Å². The summed E-state index contributed by atoms with van der Waals surface area (Å²) in [4.78, 5) is 35.0. The largest absolute Gasteiger partial charge is 0.481 e. The fraction of sp³-hybridized carbons (Fsp3) is 0.750. The normalized spacial score (nSPS) is 28.1. The highest BCUT2D eigenvalue weighted by atomic mass is 32.2. The minimum Gasteiger partial charge on any atom is -0.481 e. The number of nitrogens with zero attached hydrogens (tertiary/aromatic N) is 1. The molecule has 3 amide bonds. The summed E-state index contributed by atoms with van der Waals surface area (Å²) < 4.78 is 4.62. The molecule has 0 aliphatic carbocycles. The van der Waals surface area contributed by atoms with Gasteiger partial charge in [0.15, 0.2) is 0 Å². The van der Waals surface area contributed by atoms with E-state index in [2.05, 4.69) is 10.1 Å². The van der Waals surface area contributed by atoms with E-state index in [9.17, 15) is 14.4 Å². The van der Waals surface area contributed by atoms with Crippen LogP contribution < -0.4 is 5.32 Å². The Morgan fingerprint density at radius 1 is 1.50 bits per heavy atom. The Balaban J connectivity index is 1.86. The second-order valence-corrected chi connectivity index (χ2v) is 6.17. The number of nitrogens with one attached hydrogen (secondary N) is 1. The second kappa shape index (κ2) is 6.34. The third-order valence-corrected chi connectivity index (χ3v) is 5.13. The summed E-state index contributed by atoms with van der Waals surface area (Å²) in [5.41, 5.74) is 0. The van der Waals surface area contributed by atoms with Crippen LogP contribution >= 0.6 is 11.8 Å². The van der Waals surface area contributed by atoms with Crippen molar-refractivity contribution in [1.82, 2.24) is 10.2 Å². The molecule has 0 aromatic heterocycles. The van der Waals surface area contributed by atoms with Gasteiger partial charge in [-0.15, -0.1) is 0 Å². The lowest BCUT2D eigenvalue weighted by atomic mass is 10.0. The number of ether oxygens (including phenoxy) is 1. The first kappa shape index (κ1) is 15.0. The Hall–Kier alpha value is -1.44. The lowest BCUT2D eigenvalue weighted by molar-refractivity contribution is -0.137. The monoisotopic (exact) mass is 302 g/mol. The van der Waals surface area contributed by atoms with Gasteiger partial charge in [0.2, 0.25) is 0 Å². The average molecular weight is 302 g/mol. The number of imide groups is 1. The van der Waals surface area contributed by atoms with Crippen LogP contribution in [0.1, 0.15) is 25.7 Å². The molecule has 0 unspecified atom stereocenters. The minimum atomic E-state index is -0.784. The average Bonchev–Trinajstić information content (AvgIpc) is 2.92. The van der Waals surface area contributed by atoms with Gasteiger partial charge in [-0.3, -0.25) is 4.79 Å². The number of amides is 3. The van der Waals surface area contributed by atoms with Crippen molar-refractivity contribution in [3.63, 3.8) is 0 Å². The van der Waals surface area contributed by atoms with E-state index in [1.165, 1.54) is 7.11 Å². The van der Waals surface area contributed by atoms with Crippen molar-refractivity contribution in [2.24, 2.45) is 0 Å². The third-order valence-electron chi connectivity index (χ3n) is 3.64. The third kappa shape index (κ3) is 3.00. The number of fused-ring (bicyclic) bond motifs is 1. The van der Waals surface area contributed by atoms with Crippen molar-refractivity contribution in [3.05, 3.63) is 0 Å². The number of thioether (sulfide) groups is 1. The number of methoxy groups -OCH3 is 1. The van der Waals surface area contributed by atoms with Crippen molar-refractivity contribution in [1.29, 1.82) is 0 Å². The lowest BCUT2D eigenvalue weighted by Crippen LogP contribution is -2.41. The fourth-order valence-electron chi connectivity index (χ4n) is 2.67. The first-order valence-corrected chi connectivity index (χ1v) is 7.60. The lowest BCUT2D eigenvalue weighted by Gasteiger charge is -2.18. The molecule has 0 aromatic rings. The molecule has 2 N–H and O–H groups in total. The minimum absolute atomic E-state index is 0.0589. The van der Waals surface area contributed by atoms with Crippen LogP contribution in [-0.4, -0.2) is 58.3 Å². The standard InChI is InChI=1S/C12H18N2O5S/c1-19-12(18)14-7-6-20-8(10(7)13-11(14)17)4-2-3-5-9(15)16/h7-8,10H,2-6H2,1H3,(H,13,17)(H,15,16)/t7-,8-,10-/m0/s1. The highest BCUT2D eigenvalue weighted by Gasteiger charge is 2.50. The van der Waals surface area contributed by atoms with Crippen molar-refractivity contribution in [2.75, 3.05) is 12.9 Å². The summed E-state index contributed by atoms with van der Waals surface area (Å²) in [5.74, 6) is -0.0877. The van der Waals surface area contributed by atoms with Crippen molar-refractivity contribution >= 4 is 29.9 Å². The Morgan fingerprint density at radius 3 is 2.90 bits per heavy atom. The van der Waals surface area contributed by atoms with Crippen molar-refractivity contribution < 1.29 is 24.2 Å². The van der Waals surface area contributed by atoms with Crippen LogP contribution in [0.4, 0.5) is 9.59 Å². The van der Waals surface area contributed by atoms with E-state index in [-0.39, 0.29) is 23.8 Å². The molecule has 2 rings (SSSR count). The van der Waals surface area contributed by atoms with E-state index in [1.54, 1.807) is 11.8 Å². The molecule has 112 valence electrons. The van der Waals surface area contributed by atoms with Crippen molar-refractivity contribution in [2.45, 2.75) is 43.0 Å². The Bertz CT molecular complexity index is 417. The smallest absolute Gasteiger partial charge is 0.418 e. The molecule has 0 bridgehead atoms. The molecule has 7 nitrogen and oxygen atoms in total. The first-order chi connectivity index (χ1) is 9.54. The van der Waals surface area contributed by atoms with Crippen LogP contribution in [0, 0.1) is 0 Å². The number of carboxylic acids is 1. The van der Waals surface area contributed by atoms with E-state index in [4.69, 9.17) is 5.11 Å². The van der Waals surface area contributed by atoms with E-state index >= 15 is 0 Å². The maximum atomic E-state index is 11.8. The van der Waals surface area contributed by atoms with Gasteiger partial charge in [0.1, 0.15) is 0 Å². The summed E-state index contributed by atoms with van der Waals surface area (Å²) in [6.45, 7) is 0. The molecule has 0 radical (unpaired) electrons. The van der Waals surface area contributed by atoms with Crippen molar-refractivity contribution in [3.8, 4) is 0 Å². The number of aliphatic carboxylic acids is 1. The first-order valence-electron chi connectivity index (χ1n) is 6.55. The predicted molar refractivity (Wildman–Crippen MR) is 72.7 cm³/mol. The van der Waals surface area contributed by atoms with Crippen LogP contribution in [0.15, 0.2) is 0 Å². The maximum Gasteiger partial charge on any atom is 0.418 e. The molecule has 2 heterocycles. The van der Waals surface area contributed by atoms with Crippen LogP contribution in [0.2, 0.25) is 0 Å². The topological polar surface area (TPSA) is 95.9 Å². The van der Waals surface area contributed by atoms with Gasteiger partial charge in [-0.1, -0.05) is 6.42 Å². The Morgan fingerprint density at radius 2 is 2.25 bits per heavy atom. The zero-order valence-electron chi connectivity index (χ0n) is 11.2. The van der Waals surface area contributed by atoms with Gasteiger partial charge in [-0.2, -0.15) is 11.8 Å². The zero-order chi connectivity index (χ0) is 14.7. The summed E-state index contributed by atoms with van der Waals surface area (Å²) in [7, 11) is 1.26. The van der Waals surface area contributed by atoms with Crippen LogP contribution in [0.25, 0.3) is 0 Å². The molecule has 0 aromatic carbocycles. The molecule has 2 saturated heterocycles. The summed E-state index contributed by atoms with van der Waals surface area (Å²) in [6, 6.07) is -0.622. The van der Waals surface area contributed by atoms with E-state index in [0.717, 1.165) is 17.7 Å². The number of carboxylic acid groups (broad SMARTS) is 1. The maximum absolute atomic E-state index is 11.8. The number of carbonyl (C=O) groups excluding carboxylic acids is 2. The van der Waals surface area contributed by atoms with Gasteiger partial charge in [-0.05, 0) is 12.8 Å². The molecule has 2 fully saturated rings. The molecule has 2 aliphatic rings. The molecule has 3 atom stereocenters. The van der Waals surface area contributed by atoms with E-state index in [0.29, 0.717) is 12.2 Å². The molecule has 2 aliphatic heterocycles. The number of hydrogen-bond donors (Lipinski definition) is 2. The van der Waals surface area contributed by atoms with Gasteiger partial charge in [-0.25, -0.2) is 14.5 Å². The van der Waals surface area contributed by atoms with Crippen LogP contribution in [-0.2, 0) is 9.53 Å². The van der Waals surface area contributed by atoms with Crippen LogP contribution in [0.5, 0.6) is 0 Å². The highest BCUT2D eigenvalue weighted by molar-refractivity contribution is 8.00. The quantitative estimate of drug-likeness (QED) is 0.586. The SMILES string of the molecule is COC(=O)N1C(=O)N[C@@H]2[C@H](CCCCC(=O)O)SC[C@@H]21. The van der Waals surface area contributed by atoms with Crippen LogP contribution in [0.3, 0.4) is 0 Å². The van der Waals surface area contributed by atoms with Gasteiger partial charge >= 0.3 is 18.1 Å². The summed E-state index contributed by atoms with van der Waals surface area (Å²) >= 11 is 1.72. The number of carbonyl (C=O) groups is 3. The molecule has 0 saturated carbocycles. The molecule has 0 spiro atoms. The predicted octanol–water partition coefficient (Wildman–Crippen LogP) is 1.28. The van der Waals surface area contributed by atoms with Gasteiger partial charge in [0.05, 0.1) is 19.2 Å².